The van der Waals surface area contributed by atoms with Gasteiger partial charge >= 0.3 is 0 Å². The Morgan fingerprint density at radius 2 is 1.90 bits per heavy atom. The van der Waals surface area contributed by atoms with Gasteiger partial charge in [0.2, 0.25) is 0 Å². The maximum Gasteiger partial charge on any atom is 0.155 e. The highest BCUT2D eigenvalue weighted by molar-refractivity contribution is 5.73. The fourth-order valence-corrected chi connectivity index (χ4v) is 2.31. The van der Waals surface area contributed by atoms with E-state index in [0.717, 1.165) is 36.7 Å². The number of nitrogen functional groups attached to an aromatic ring is 1. The summed E-state index contributed by atoms with van der Waals surface area (Å²) in [4.78, 5) is 2.06. The van der Waals surface area contributed by atoms with E-state index in [2.05, 4.69) is 16.9 Å². The fourth-order valence-electron chi connectivity index (χ4n) is 2.31. The summed E-state index contributed by atoms with van der Waals surface area (Å²) in [6.45, 7) is 7.60. The van der Waals surface area contributed by atoms with Crippen molar-refractivity contribution in [2.24, 2.45) is 0 Å². The number of nitrogens with zero attached hydrogens (tertiary/aromatic N) is 3. The number of halogens is 1. The zero-order valence-electron chi connectivity index (χ0n) is 12.2. The van der Waals surface area contributed by atoms with Crippen molar-refractivity contribution < 1.29 is 4.39 Å². The zero-order valence-corrected chi connectivity index (χ0v) is 12.2. The van der Waals surface area contributed by atoms with E-state index in [-0.39, 0.29) is 5.82 Å². The molecular weight excluding hydrogens is 255 g/mol. The highest BCUT2D eigenvalue weighted by atomic mass is 19.1. The monoisotopic (exact) mass is 276 g/mol. The number of aryl methyl sites for hydroxylation is 2. The van der Waals surface area contributed by atoms with Crippen LogP contribution in [0.3, 0.4) is 0 Å². The summed E-state index contributed by atoms with van der Waals surface area (Å²) in [6, 6.07) is 6.44. The lowest BCUT2D eigenvalue weighted by Gasteiger charge is -2.24. The summed E-state index contributed by atoms with van der Waals surface area (Å²) in [6.07, 6.45) is 0.981. The van der Waals surface area contributed by atoms with Crippen molar-refractivity contribution in [1.29, 1.82) is 0 Å². The summed E-state index contributed by atoms with van der Waals surface area (Å²) in [5.41, 5.74) is 8.61. The maximum absolute atomic E-state index is 13.1. The van der Waals surface area contributed by atoms with Gasteiger partial charge < -0.3 is 10.6 Å². The summed E-state index contributed by atoms with van der Waals surface area (Å²) < 4.78 is 15.0. The standard InChI is InChI=1S/C15H21FN4/c1-4-10-20-15(14(17)11(3)18-20)19(5-2)13-8-6-12(16)7-9-13/h6-9H,4-5,10,17H2,1-3H3. The highest BCUT2D eigenvalue weighted by Gasteiger charge is 2.19. The summed E-state index contributed by atoms with van der Waals surface area (Å²) in [5.74, 6) is 0.648. The van der Waals surface area contributed by atoms with E-state index >= 15 is 0 Å². The van der Waals surface area contributed by atoms with Crippen molar-refractivity contribution in [3.63, 3.8) is 0 Å². The maximum atomic E-state index is 13.1. The van der Waals surface area contributed by atoms with E-state index in [1.807, 2.05) is 18.5 Å². The van der Waals surface area contributed by atoms with Gasteiger partial charge in [-0.25, -0.2) is 9.07 Å². The molecule has 20 heavy (non-hydrogen) atoms. The number of nitrogens with two attached hydrogens (primary N) is 1. The molecule has 0 saturated carbocycles. The smallest absolute Gasteiger partial charge is 0.155 e. The molecule has 0 amide bonds. The van der Waals surface area contributed by atoms with Crippen LogP contribution in [0.15, 0.2) is 24.3 Å². The molecule has 1 aromatic carbocycles. The Balaban J connectivity index is 2.48. The first-order valence-electron chi connectivity index (χ1n) is 6.94. The van der Waals surface area contributed by atoms with E-state index < -0.39 is 0 Å². The average Bonchev–Trinajstić information content (AvgIpc) is 2.70. The van der Waals surface area contributed by atoms with Crippen LogP contribution in [0, 0.1) is 12.7 Å². The molecule has 0 fully saturated rings. The molecule has 0 aliphatic heterocycles. The normalized spacial score (nSPS) is 10.8. The van der Waals surface area contributed by atoms with Crippen molar-refractivity contribution in [2.45, 2.75) is 33.7 Å². The Labute approximate surface area is 119 Å². The number of rotatable bonds is 5. The Kier molecular flexibility index (Phi) is 4.27. The molecule has 4 nitrogen and oxygen atoms in total. The van der Waals surface area contributed by atoms with Crippen LogP contribution in [0.25, 0.3) is 0 Å². The van der Waals surface area contributed by atoms with Crippen molar-refractivity contribution in [2.75, 3.05) is 17.2 Å². The largest absolute Gasteiger partial charge is 0.394 e. The van der Waals surface area contributed by atoms with Crippen LogP contribution in [0.5, 0.6) is 0 Å². The molecule has 0 bridgehead atoms. The minimum absolute atomic E-state index is 0.240. The summed E-state index contributed by atoms with van der Waals surface area (Å²) in [5, 5.41) is 4.49. The molecule has 0 saturated heterocycles. The molecule has 5 heteroatoms. The molecule has 108 valence electrons. The highest BCUT2D eigenvalue weighted by Crippen LogP contribution is 2.32. The van der Waals surface area contributed by atoms with Gasteiger partial charge in [0.05, 0.1) is 11.4 Å². The number of anilines is 3. The van der Waals surface area contributed by atoms with E-state index in [9.17, 15) is 4.39 Å². The number of hydrogen-bond donors (Lipinski definition) is 1. The van der Waals surface area contributed by atoms with Crippen molar-refractivity contribution in [3.8, 4) is 0 Å². The molecule has 2 rings (SSSR count). The summed E-state index contributed by atoms with van der Waals surface area (Å²) >= 11 is 0. The zero-order chi connectivity index (χ0) is 14.7. The van der Waals surface area contributed by atoms with E-state index in [0.29, 0.717) is 5.69 Å². The molecular formula is C15H21FN4. The van der Waals surface area contributed by atoms with E-state index in [4.69, 9.17) is 5.73 Å². The van der Waals surface area contributed by atoms with Crippen LogP contribution < -0.4 is 10.6 Å². The van der Waals surface area contributed by atoms with E-state index in [1.54, 1.807) is 12.1 Å². The SMILES string of the molecule is CCCn1nc(C)c(N)c1N(CC)c1ccc(F)cc1. The molecule has 0 radical (unpaired) electrons. The Bertz CT molecular complexity index is 574. The predicted octanol–water partition coefficient (Wildman–Crippen LogP) is 3.48. The van der Waals surface area contributed by atoms with E-state index in [1.165, 1.54) is 12.1 Å². The van der Waals surface area contributed by atoms with Gasteiger partial charge in [0.15, 0.2) is 5.82 Å². The van der Waals surface area contributed by atoms with Gasteiger partial charge in [-0.3, -0.25) is 0 Å². The van der Waals surface area contributed by atoms with Crippen molar-refractivity contribution in [3.05, 3.63) is 35.8 Å². The second-order valence-electron chi connectivity index (χ2n) is 4.77. The second-order valence-corrected chi connectivity index (χ2v) is 4.77. The van der Waals surface area contributed by atoms with Gasteiger partial charge in [-0.1, -0.05) is 6.92 Å². The first-order valence-corrected chi connectivity index (χ1v) is 6.94. The predicted molar refractivity (Wildman–Crippen MR) is 80.7 cm³/mol. The molecule has 1 aromatic heterocycles. The third-order valence-electron chi connectivity index (χ3n) is 3.29. The topological polar surface area (TPSA) is 47.1 Å². The lowest BCUT2D eigenvalue weighted by Crippen LogP contribution is -2.21. The van der Waals surface area contributed by atoms with Gasteiger partial charge in [0, 0.05) is 18.8 Å². The third kappa shape index (κ3) is 2.61. The molecule has 0 spiro atoms. The third-order valence-corrected chi connectivity index (χ3v) is 3.29. The number of benzene rings is 1. The number of hydrogen-bond acceptors (Lipinski definition) is 3. The van der Waals surface area contributed by atoms with Gasteiger partial charge in [-0.2, -0.15) is 5.10 Å². The quantitative estimate of drug-likeness (QED) is 0.909. The van der Waals surface area contributed by atoms with Crippen molar-refractivity contribution in [1.82, 2.24) is 9.78 Å². The molecule has 0 aliphatic rings. The van der Waals surface area contributed by atoms with Crippen LogP contribution >= 0.6 is 0 Å². The molecule has 2 N–H and O–H groups in total. The average molecular weight is 276 g/mol. The van der Waals surface area contributed by atoms with Gasteiger partial charge in [-0.05, 0) is 44.5 Å². The first kappa shape index (κ1) is 14.4. The molecule has 0 aliphatic carbocycles. The fraction of sp³-hybridized carbons (Fsp3) is 0.400. The second kappa shape index (κ2) is 5.94. The summed E-state index contributed by atoms with van der Waals surface area (Å²) in [7, 11) is 0. The van der Waals surface area contributed by atoms with Gasteiger partial charge in [0.1, 0.15) is 5.82 Å². The number of aromatic nitrogens is 2. The molecule has 1 heterocycles. The Morgan fingerprint density at radius 3 is 2.45 bits per heavy atom. The first-order chi connectivity index (χ1) is 9.58. The Hall–Kier alpha value is -2.04. The van der Waals surface area contributed by atoms with Crippen molar-refractivity contribution >= 4 is 17.2 Å². The molecule has 0 atom stereocenters. The minimum Gasteiger partial charge on any atom is -0.394 e. The lowest BCUT2D eigenvalue weighted by atomic mass is 10.2. The van der Waals surface area contributed by atoms with Crippen LogP contribution in [-0.4, -0.2) is 16.3 Å². The van der Waals surface area contributed by atoms with Crippen LogP contribution in [0.4, 0.5) is 21.6 Å². The van der Waals surface area contributed by atoms with Crippen LogP contribution in [0.1, 0.15) is 26.0 Å². The minimum atomic E-state index is -0.240. The van der Waals surface area contributed by atoms with Crippen LogP contribution in [0.2, 0.25) is 0 Å². The molecule has 2 aromatic rings. The van der Waals surface area contributed by atoms with Gasteiger partial charge in [-0.15, -0.1) is 0 Å². The Morgan fingerprint density at radius 1 is 1.25 bits per heavy atom. The lowest BCUT2D eigenvalue weighted by molar-refractivity contribution is 0.595. The van der Waals surface area contributed by atoms with Gasteiger partial charge in [0.25, 0.3) is 0 Å². The molecule has 0 unspecified atom stereocenters. The van der Waals surface area contributed by atoms with Crippen LogP contribution in [-0.2, 0) is 6.54 Å².